The summed E-state index contributed by atoms with van der Waals surface area (Å²) in [5.41, 5.74) is 2.52. The van der Waals surface area contributed by atoms with Crippen LogP contribution < -0.4 is 0 Å². The number of aromatic nitrogens is 2. The smallest absolute Gasteiger partial charge is 0.159 e. The van der Waals surface area contributed by atoms with Crippen molar-refractivity contribution in [1.82, 2.24) is 9.97 Å². The zero-order valence-electron chi connectivity index (χ0n) is 13.8. The van der Waals surface area contributed by atoms with Crippen molar-refractivity contribution < 1.29 is 0 Å². The first-order chi connectivity index (χ1) is 10.9. The van der Waals surface area contributed by atoms with E-state index in [1.165, 1.54) is 63.4 Å². The van der Waals surface area contributed by atoms with Gasteiger partial charge in [0.05, 0.1) is 0 Å². The van der Waals surface area contributed by atoms with Crippen LogP contribution in [0.1, 0.15) is 63.9 Å². The topological polar surface area (TPSA) is 25.8 Å². The van der Waals surface area contributed by atoms with Gasteiger partial charge in [-0.1, -0.05) is 76.1 Å². The average Bonchev–Trinajstić information content (AvgIpc) is 2.59. The molecule has 0 aliphatic carbocycles. The highest BCUT2D eigenvalue weighted by atomic mass is 14.8. The molecule has 0 amide bonds. The molecular weight excluding hydrogens is 268 g/mol. The quantitative estimate of drug-likeness (QED) is 0.516. The van der Waals surface area contributed by atoms with E-state index in [1.54, 1.807) is 12.4 Å². The fraction of sp³-hybridized carbons (Fsp3) is 0.500. The summed E-state index contributed by atoms with van der Waals surface area (Å²) >= 11 is 0. The highest BCUT2D eigenvalue weighted by Gasteiger charge is 2.00. The third-order valence-corrected chi connectivity index (χ3v) is 4.10. The average molecular weight is 296 g/mol. The van der Waals surface area contributed by atoms with Crippen LogP contribution in [0, 0.1) is 0 Å². The molecule has 2 rings (SSSR count). The van der Waals surface area contributed by atoms with Crippen molar-refractivity contribution in [3.8, 4) is 11.4 Å². The Bertz CT molecular complexity index is 505. The summed E-state index contributed by atoms with van der Waals surface area (Å²) in [7, 11) is 0. The fourth-order valence-electron chi connectivity index (χ4n) is 2.73. The molecule has 22 heavy (non-hydrogen) atoms. The van der Waals surface area contributed by atoms with Crippen LogP contribution >= 0.6 is 0 Å². The lowest BCUT2D eigenvalue weighted by Crippen LogP contribution is -1.89. The Morgan fingerprint density at radius 2 is 1.32 bits per heavy atom. The number of unbranched alkanes of at least 4 members (excludes halogenated alkanes) is 7. The summed E-state index contributed by atoms with van der Waals surface area (Å²) < 4.78 is 0. The molecule has 0 N–H and O–H groups in total. The molecule has 0 aliphatic heterocycles. The predicted octanol–water partition coefficient (Wildman–Crippen LogP) is 5.83. The second kappa shape index (κ2) is 10.1. The van der Waals surface area contributed by atoms with E-state index in [0.717, 1.165) is 11.4 Å². The lowest BCUT2D eigenvalue weighted by atomic mass is 10.0. The highest BCUT2D eigenvalue weighted by molar-refractivity contribution is 5.54. The van der Waals surface area contributed by atoms with Gasteiger partial charge in [-0.2, -0.15) is 0 Å². The lowest BCUT2D eigenvalue weighted by Gasteiger charge is -2.04. The van der Waals surface area contributed by atoms with Crippen molar-refractivity contribution >= 4 is 0 Å². The van der Waals surface area contributed by atoms with E-state index in [9.17, 15) is 0 Å². The molecule has 2 heteroatoms. The van der Waals surface area contributed by atoms with Crippen molar-refractivity contribution in [1.29, 1.82) is 0 Å². The first-order valence-electron chi connectivity index (χ1n) is 8.76. The van der Waals surface area contributed by atoms with Crippen molar-refractivity contribution in [3.63, 3.8) is 0 Å². The summed E-state index contributed by atoms with van der Waals surface area (Å²) in [4.78, 5) is 8.57. The summed E-state index contributed by atoms with van der Waals surface area (Å²) in [6.45, 7) is 2.27. The maximum Gasteiger partial charge on any atom is 0.159 e. The molecule has 0 spiro atoms. The molecule has 0 aliphatic rings. The lowest BCUT2D eigenvalue weighted by molar-refractivity contribution is 0.575. The van der Waals surface area contributed by atoms with E-state index in [0.29, 0.717) is 0 Å². The third-order valence-electron chi connectivity index (χ3n) is 4.10. The van der Waals surface area contributed by atoms with Crippen molar-refractivity contribution in [2.75, 3.05) is 0 Å². The van der Waals surface area contributed by atoms with Gasteiger partial charge in [0.25, 0.3) is 0 Å². The molecule has 2 aromatic rings. The number of aryl methyl sites for hydroxylation is 1. The van der Waals surface area contributed by atoms with Crippen molar-refractivity contribution in [2.24, 2.45) is 0 Å². The van der Waals surface area contributed by atoms with Gasteiger partial charge in [0.2, 0.25) is 0 Å². The maximum absolute atomic E-state index is 4.28. The van der Waals surface area contributed by atoms with Crippen LogP contribution in [0.5, 0.6) is 0 Å². The minimum absolute atomic E-state index is 0.807. The Morgan fingerprint density at radius 3 is 1.95 bits per heavy atom. The minimum atomic E-state index is 0.807. The largest absolute Gasteiger partial charge is 0.237 e. The Labute approximate surface area is 135 Å². The number of benzene rings is 1. The number of hydrogen-bond acceptors (Lipinski definition) is 2. The van der Waals surface area contributed by atoms with Gasteiger partial charge in [-0.05, 0) is 24.5 Å². The van der Waals surface area contributed by atoms with Crippen molar-refractivity contribution in [2.45, 2.75) is 64.7 Å². The molecule has 1 aromatic heterocycles. The Kier molecular flexibility index (Phi) is 7.65. The minimum Gasteiger partial charge on any atom is -0.237 e. The number of rotatable bonds is 10. The normalized spacial score (nSPS) is 10.8. The standard InChI is InChI=1S/C20H28N2/c1-2-3-4-5-6-7-8-9-11-18-12-14-19(15-13-18)20-21-16-10-17-22-20/h10,12-17H,2-9,11H2,1H3. The van der Waals surface area contributed by atoms with E-state index in [2.05, 4.69) is 41.2 Å². The van der Waals surface area contributed by atoms with Gasteiger partial charge in [0.1, 0.15) is 0 Å². The molecule has 0 saturated heterocycles. The molecule has 0 fully saturated rings. The van der Waals surface area contributed by atoms with E-state index in [-0.39, 0.29) is 0 Å². The second-order valence-corrected chi connectivity index (χ2v) is 5.99. The van der Waals surface area contributed by atoms with Gasteiger partial charge in [-0.3, -0.25) is 0 Å². The summed E-state index contributed by atoms with van der Waals surface area (Å²) in [5.74, 6) is 0.807. The van der Waals surface area contributed by atoms with Crippen LogP contribution in [-0.4, -0.2) is 9.97 Å². The third kappa shape index (κ3) is 5.97. The molecule has 1 heterocycles. The van der Waals surface area contributed by atoms with Crippen molar-refractivity contribution in [3.05, 3.63) is 48.3 Å². The summed E-state index contributed by atoms with van der Waals surface area (Å²) in [5, 5.41) is 0. The molecule has 0 bridgehead atoms. The molecule has 0 atom stereocenters. The van der Waals surface area contributed by atoms with Gasteiger partial charge in [-0.15, -0.1) is 0 Å². The van der Waals surface area contributed by atoms with Gasteiger partial charge >= 0.3 is 0 Å². The van der Waals surface area contributed by atoms with Gasteiger partial charge in [0, 0.05) is 18.0 Å². The molecule has 118 valence electrons. The number of hydrogen-bond donors (Lipinski definition) is 0. The Morgan fingerprint density at radius 1 is 0.727 bits per heavy atom. The number of nitrogens with zero attached hydrogens (tertiary/aromatic N) is 2. The SMILES string of the molecule is CCCCCCCCCCc1ccc(-c2ncccn2)cc1. The summed E-state index contributed by atoms with van der Waals surface area (Å²) in [6.07, 6.45) is 15.8. The molecular formula is C20H28N2. The zero-order chi connectivity index (χ0) is 15.5. The van der Waals surface area contributed by atoms with Crippen LogP contribution in [0.3, 0.4) is 0 Å². The Hall–Kier alpha value is -1.70. The second-order valence-electron chi connectivity index (χ2n) is 5.99. The molecule has 0 saturated carbocycles. The van der Waals surface area contributed by atoms with Gasteiger partial charge < -0.3 is 0 Å². The maximum atomic E-state index is 4.28. The van der Waals surface area contributed by atoms with Crippen LogP contribution in [0.15, 0.2) is 42.7 Å². The molecule has 0 unspecified atom stereocenters. The van der Waals surface area contributed by atoms with Crippen LogP contribution in [0.25, 0.3) is 11.4 Å². The van der Waals surface area contributed by atoms with Crippen LogP contribution in [0.4, 0.5) is 0 Å². The van der Waals surface area contributed by atoms with Crippen LogP contribution in [-0.2, 0) is 6.42 Å². The zero-order valence-corrected chi connectivity index (χ0v) is 13.8. The molecule has 2 nitrogen and oxygen atoms in total. The first kappa shape index (κ1) is 16.7. The van der Waals surface area contributed by atoms with E-state index < -0.39 is 0 Å². The predicted molar refractivity (Wildman–Crippen MR) is 93.8 cm³/mol. The molecule has 1 aromatic carbocycles. The molecule has 0 radical (unpaired) electrons. The van der Waals surface area contributed by atoms with Gasteiger partial charge in [0.15, 0.2) is 5.82 Å². The fourth-order valence-corrected chi connectivity index (χ4v) is 2.73. The first-order valence-corrected chi connectivity index (χ1v) is 8.76. The Balaban J connectivity index is 1.65. The monoisotopic (exact) mass is 296 g/mol. The van der Waals surface area contributed by atoms with E-state index in [4.69, 9.17) is 0 Å². The van der Waals surface area contributed by atoms with Gasteiger partial charge in [-0.25, -0.2) is 9.97 Å². The van der Waals surface area contributed by atoms with Crippen LogP contribution in [0.2, 0.25) is 0 Å². The highest BCUT2D eigenvalue weighted by Crippen LogP contribution is 2.16. The van der Waals surface area contributed by atoms with E-state index in [1.807, 2.05) is 6.07 Å². The summed E-state index contributed by atoms with van der Waals surface area (Å²) in [6, 6.07) is 10.5. The van der Waals surface area contributed by atoms with E-state index >= 15 is 0 Å².